The average Bonchev–Trinajstić information content (AvgIpc) is 3.21. The fourth-order valence-corrected chi connectivity index (χ4v) is 5.00. The maximum Gasteiger partial charge on any atom is 0.295 e. The number of hydrogen-bond donors (Lipinski definition) is 1. The molecule has 0 bridgehead atoms. The molecule has 2 saturated heterocycles. The second kappa shape index (κ2) is 11.8. The first-order chi connectivity index (χ1) is 18.9. The predicted octanol–water partition coefficient (Wildman–Crippen LogP) is 4.47. The van der Waals surface area contributed by atoms with Crippen LogP contribution in [0.1, 0.15) is 28.3 Å². The number of Topliss-reactive ketones (excluding diaryl/α,β-unsaturated/α-hetero) is 1. The first-order valence-corrected chi connectivity index (χ1v) is 13.0. The molecule has 7 nitrogen and oxygen atoms in total. The highest BCUT2D eigenvalue weighted by Gasteiger charge is 2.46. The standard InChI is InChI=1S/C31H31FN2O5/c1-21-6-2-3-7-23(21)20-39-24-12-10-22(11-13-24)29(35)27-28(25-8-4-5-9-26(25)32)34(31(37)30(27)36)15-14-33-16-18-38-19-17-33/h2-13,28,35H,14-20H2,1H3/b29-27+. The summed E-state index contributed by atoms with van der Waals surface area (Å²) in [4.78, 5) is 29.9. The van der Waals surface area contributed by atoms with Gasteiger partial charge in [0, 0.05) is 37.3 Å². The Bertz CT molecular complexity index is 1380. The van der Waals surface area contributed by atoms with E-state index in [1.165, 1.54) is 11.0 Å². The summed E-state index contributed by atoms with van der Waals surface area (Å²) in [5, 5.41) is 11.3. The number of aryl methyl sites for hydroxylation is 1. The van der Waals surface area contributed by atoms with Crippen LogP contribution in [-0.2, 0) is 20.9 Å². The summed E-state index contributed by atoms with van der Waals surface area (Å²) in [5.41, 5.74) is 2.56. The van der Waals surface area contributed by atoms with E-state index in [2.05, 4.69) is 4.90 Å². The summed E-state index contributed by atoms with van der Waals surface area (Å²) in [7, 11) is 0. The van der Waals surface area contributed by atoms with Gasteiger partial charge in [-0.15, -0.1) is 0 Å². The van der Waals surface area contributed by atoms with Gasteiger partial charge in [0.15, 0.2) is 0 Å². The predicted molar refractivity (Wildman–Crippen MR) is 145 cm³/mol. The van der Waals surface area contributed by atoms with Crippen LogP contribution in [0.15, 0.2) is 78.4 Å². The number of ether oxygens (including phenoxy) is 2. The number of rotatable bonds is 8. The number of halogens is 1. The van der Waals surface area contributed by atoms with Crippen molar-refractivity contribution in [1.29, 1.82) is 0 Å². The van der Waals surface area contributed by atoms with Crippen LogP contribution >= 0.6 is 0 Å². The number of benzene rings is 3. The molecule has 202 valence electrons. The number of morpholine rings is 1. The molecule has 0 aliphatic carbocycles. The number of likely N-dealkylation sites (tertiary alicyclic amines) is 1. The molecule has 2 heterocycles. The molecule has 5 rings (SSSR count). The highest BCUT2D eigenvalue weighted by molar-refractivity contribution is 6.46. The molecule has 0 saturated carbocycles. The number of amides is 1. The van der Waals surface area contributed by atoms with Crippen molar-refractivity contribution in [2.75, 3.05) is 39.4 Å². The van der Waals surface area contributed by atoms with Crippen molar-refractivity contribution in [3.8, 4) is 5.75 Å². The Hall–Kier alpha value is -4.01. The summed E-state index contributed by atoms with van der Waals surface area (Å²) < 4.78 is 26.3. The Balaban J connectivity index is 1.42. The largest absolute Gasteiger partial charge is 0.507 e. The lowest BCUT2D eigenvalue weighted by molar-refractivity contribution is -0.140. The third-order valence-corrected chi connectivity index (χ3v) is 7.28. The van der Waals surface area contributed by atoms with Gasteiger partial charge in [-0.05, 0) is 48.4 Å². The molecule has 0 radical (unpaired) electrons. The zero-order valence-electron chi connectivity index (χ0n) is 21.8. The van der Waals surface area contributed by atoms with Gasteiger partial charge in [0.1, 0.15) is 23.9 Å². The molecular weight excluding hydrogens is 499 g/mol. The van der Waals surface area contributed by atoms with Crippen LogP contribution in [0.5, 0.6) is 5.75 Å². The summed E-state index contributed by atoms with van der Waals surface area (Å²) in [6.07, 6.45) is 0. The zero-order valence-corrected chi connectivity index (χ0v) is 21.8. The summed E-state index contributed by atoms with van der Waals surface area (Å²) in [6, 6.07) is 19.6. The van der Waals surface area contributed by atoms with Crippen LogP contribution in [-0.4, -0.2) is 66.0 Å². The third kappa shape index (κ3) is 5.72. The first-order valence-electron chi connectivity index (χ1n) is 13.0. The number of aliphatic hydroxyl groups excluding tert-OH is 1. The molecule has 1 atom stereocenters. The van der Waals surface area contributed by atoms with Gasteiger partial charge in [-0.1, -0.05) is 42.5 Å². The molecular formula is C31H31FN2O5. The topological polar surface area (TPSA) is 79.3 Å². The maximum absolute atomic E-state index is 15.0. The van der Waals surface area contributed by atoms with Gasteiger partial charge in [-0.2, -0.15) is 0 Å². The van der Waals surface area contributed by atoms with E-state index in [4.69, 9.17) is 9.47 Å². The first kappa shape index (κ1) is 26.6. The molecule has 3 aromatic rings. The van der Waals surface area contributed by atoms with Crippen molar-refractivity contribution in [1.82, 2.24) is 9.80 Å². The lowest BCUT2D eigenvalue weighted by Gasteiger charge is -2.31. The average molecular weight is 531 g/mol. The van der Waals surface area contributed by atoms with Crippen molar-refractivity contribution in [3.05, 3.63) is 106 Å². The lowest BCUT2D eigenvalue weighted by Crippen LogP contribution is -2.42. The number of nitrogens with zero attached hydrogens (tertiary/aromatic N) is 2. The van der Waals surface area contributed by atoms with E-state index in [9.17, 15) is 14.7 Å². The second-order valence-corrected chi connectivity index (χ2v) is 9.71. The van der Waals surface area contributed by atoms with Gasteiger partial charge in [-0.3, -0.25) is 14.5 Å². The maximum atomic E-state index is 15.0. The second-order valence-electron chi connectivity index (χ2n) is 9.71. The van der Waals surface area contributed by atoms with Crippen LogP contribution < -0.4 is 4.74 Å². The van der Waals surface area contributed by atoms with Gasteiger partial charge >= 0.3 is 0 Å². The van der Waals surface area contributed by atoms with Gasteiger partial charge in [0.05, 0.1) is 24.8 Å². The van der Waals surface area contributed by atoms with E-state index in [-0.39, 0.29) is 23.4 Å². The molecule has 0 spiro atoms. The van der Waals surface area contributed by atoms with Crippen molar-refractivity contribution in [2.24, 2.45) is 0 Å². The van der Waals surface area contributed by atoms with Gasteiger partial charge < -0.3 is 19.5 Å². The summed E-state index contributed by atoms with van der Waals surface area (Å²) in [5.74, 6) is -1.89. The lowest BCUT2D eigenvalue weighted by atomic mass is 9.95. The molecule has 8 heteroatoms. The molecule has 0 aromatic heterocycles. The Labute approximate surface area is 227 Å². The number of hydrogen-bond acceptors (Lipinski definition) is 6. The van der Waals surface area contributed by atoms with Crippen LogP contribution in [0.4, 0.5) is 4.39 Å². The monoisotopic (exact) mass is 530 g/mol. The van der Waals surface area contributed by atoms with E-state index in [0.29, 0.717) is 50.8 Å². The van der Waals surface area contributed by atoms with Crippen LogP contribution in [0.2, 0.25) is 0 Å². The van der Waals surface area contributed by atoms with Crippen LogP contribution in [0.25, 0.3) is 5.76 Å². The third-order valence-electron chi connectivity index (χ3n) is 7.28. The van der Waals surface area contributed by atoms with Gasteiger partial charge in [0.2, 0.25) is 0 Å². The number of carbonyl (C=O) groups is 2. The van der Waals surface area contributed by atoms with E-state index in [1.807, 2.05) is 31.2 Å². The Morgan fingerprint density at radius 2 is 1.67 bits per heavy atom. The molecule has 3 aromatic carbocycles. The highest BCUT2D eigenvalue weighted by Crippen LogP contribution is 2.40. The van der Waals surface area contributed by atoms with E-state index < -0.39 is 23.5 Å². The number of aliphatic hydroxyl groups is 1. The Morgan fingerprint density at radius 3 is 2.38 bits per heavy atom. The number of carbonyl (C=O) groups excluding carboxylic acids is 2. The minimum Gasteiger partial charge on any atom is -0.507 e. The molecule has 1 amide bonds. The fourth-order valence-electron chi connectivity index (χ4n) is 5.00. The minimum atomic E-state index is -1.04. The van der Waals surface area contributed by atoms with Crippen molar-refractivity contribution in [2.45, 2.75) is 19.6 Å². The van der Waals surface area contributed by atoms with Crippen molar-refractivity contribution in [3.63, 3.8) is 0 Å². The Morgan fingerprint density at radius 1 is 0.974 bits per heavy atom. The summed E-state index contributed by atoms with van der Waals surface area (Å²) >= 11 is 0. The van der Waals surface area contributed by atoms with Crippen LogP contribution in [0.3, 0.4) is 0 Å². The van der Waals surface area contributed by atoms with Gasteiger partial charge in [-0.25, -0.2) is 4.39 Å². The fraction of sp³-hybridized carbons (Fsp3) is 0.290. The normalized spacial score (nSPS) is 19.4. The van der Waals surface area contributed by atoms with E-state index in [0.717, 1.165) is 11.1 Å². The van der Waals surface area contributed by atoms with Crippen LogP contribution in [0, 0.1) is 12.7 Å². The number of ketones is 1. The molecule has 1 unspecified atom stereocenters. The highest BCUT2D eigenvalue weighted by atomic mass is 19.1. The van der Waals surface area contributed by atoms with Crippen molar-refractivity contribution < 1.29 is 28.6 Å². The van der Waals surface area contributed by atoms with E-state index >= 15 is 4.39 Å². The summed E-state index contributed by atoms with van der Waals surface area (Å²) in [6.45, 7) is 5.75. The molecule has 1 N–H and O–H groups in total. The quantitative estimate of drug-likeness (QED) is 0.263. The SMILES string of the molecule is Cc1ccccc1COc1ccc(/C(O)=C2\C(=O)C(=O)N(CCN3CCOCC3)C2c2ccccc2F)cc1. The molecule has 2 aliphatic heterocycles. The molecule has 2 aliphatic rings. The van der Waals surface area contributed by atoms with Crippen molar-refractivity contribution >= 4 is 17.4 Å². The minimum absolute atomic E-state index is 0.124. The Kier molecular flexibility index (Phi) is 8.05. The smallest absolute Gasteiger partial charge is 0.295 e. The molecule has 2 fully saturated rings. The van der Waals surface area contributed by atoms with Gasteiger partial charge in [0.25, 0.3) is 11.7 Å². The van der Waals surface area contributed by atoms with E-state index in [1.54, 1.807) is 42.5 Å². The zero-order chi connectivity index (χ0) is 27.4. The molecule has 39 heavy (non-hydrogen) atoms.